The first-order chi connectivity index (χ1) is 9.06. The van der Waals surface area contributed by atoms with E-state index in [9.17, 15) is 9.18 Å². The first kappa shape index (κ1) is 14.2. The second-order valence-electron chi connectivity index (χ2n) is 4.28. The quantitative estimate of drug-likeness (QED) is 0.781. The minimum Gasteiger partial charge on any atom is -0.294 e. The molecule has 2 rings (SSSR count). The first-order valence-electron chi connectivity index (χ1n) is 5.77. The lowest BCUT2D eigenvalue weighted by molar-refractivity contribution is 0.0939. The van der Waals surface area contributed by atoms with Gasteiger partial charge in [-0.15, -0.1) is 11.3 Å². The monoisotopic (exact) mass is 297 g/mol. The molecule has 19 heavy (non-hydrogen) atoms. The average molecular weight is 298 g/mol. The van der Waals surface area contributed by atoms with Crippen LogP contribution < -0.4 is 0 Å². The number of hydrogen-bond acceptors (Lipinski definition) is 3. The summed E-state index contributed by atoms with van der Waals surface area (Å²) in [6.07, 6.45) is 0. The largest absolute Gasteiger partial charge is 0.294 e. The SMILES string of the molecule is CN(CC(=O)c1ccccc1F)Cc1ccc(Cl)s1. The maximum atomic E-state index is 13.5. The van der Waals surface area contributed by atoms with Gasteiger partial charge in [0.05, 0.1) is 16.4 Å². The maximum absolute atomic E-state index is 13.5. The zero-order valence-corrected chi connectivity index (χ0v) is 12.0. The third-order valence-corrected chi connectivity index (χ3v) is 3.86. The molecule has 2 nitrogen and oxygen atoms in total. The van der Waals surface area contributed by atoms with Gasteiger partial charge in [0.25, 0.3) is 0 Å². The molecule has 1 aromatic carbocycles. The minimum atomic E-state index is -0.472. The smallest absolute Gasteiger partial charge is 0.179 e. The van der Waals surface area contributed by atoms with Crippen LogP contribution >= 0.6 is 22.9 Å². The molecule has 0 N–H and O–H groups in total. The van der Waals surface area contributed by atoms with Crippen LogP contribution in [0.4, 0.5) is 4.39 Å². The fourth-order valence-electron chi connectivity index (χ4n) is 1.78. The van der Waals surface area contributed by atoms with Crippen LogP contribution in [-0.2, 0) is 6.54 Å². The van der Waals surface area contributed by atoms with E-state index in [0.29, 0.717) is 6.54 Å². The van der Waals surface area contributed by atoms with E-state index in [1.165, 1.54) is 23.5 Å². The van der Waals surface area contributed by atoms with Gasteiger partial charge < -0.3 is 0 Å². The van der Waals surface area contributed by atoms with Gasteiger partial charge in [-0.25, -0.2) is 4.39 Å². The molecule has 0 aliphatic rings. The number of rotatable bonds is 5. The molecule has 0 saturated carbocycles. The molecule has 0 amide bonds. The van der Waals surface area contributed by atoms with Gasteiger partial charge in [-0.2, -0.15) is 0 Å². The number of carbonyl (C=O) groups excluding carboxylic acids is 1. The molecule has 0 radical (unpaired) electrons. The van der Waals surface area contributed by atoms with Gasteiger partial charge in [0.2, 0.25) is 0 Å². The molecule has 0 aliphatic heterocycles. The summed E-state index contributed by atoms with van der Waals surface area (Å²) in [5, 5.41) is 0. The van der Waals surface area contributed by atoms with Crippen LogP contribution in [0.25, 0.3) is 0 Å². The van der Waals surface area contributed by atoms with E-state index < -0.39 is 5.82 Å². The average Bonchev–Trinajstić information content (AvgIpc) is 2.74. The molecule has 5 heteroatoms. The van der Waals surface area contributed by atoms with E-state index in [4.69, 9.17) is 11.6 Å². The third kappa shape index (κ3) is 3.86. The van der Waals surface area contributed by atoms with E-state index in [2.05, 4.69) is 0 Å². The second-order valence-corrected chi connectivity index (χ2v) is 6.08. The predicted octanol–water partition coefficient (Wildman–Crippen LogP) is 3.86. The van der Waals surface area contributed by atoms with Crippen LogP contribution in [0, 0.1) is 5.82 Å². The van der Waals surface area contributed by atoms with Crippen molar-refractivity contribution < 1.29 is 9.18 Å². The number of carbonyl (C=O) groups is 1. The molecular weight excluding hydrogens is 285 g/mol. The standard InChI is InChI=1S/C14H13ClFNOS/c1-17(8-10-6-7-14(15)19-10)9-13(18)11-4-2-3-5-12(11)16/h2-7H,8-9H2,1H3. The molecule has 0 unspecified atom stereocenters. The Labute approximate surface area is 120 Å². The molecule has 0 atom stereocenters. The van der Waals surface area contributed by atoms with Crippen molar-refractivity contribution in [2.75, 3.05) is 13.6 Å². The van der Waals surface area contributed by atoms with E-state index in [-0.39, 0.29) is 17.9 Å². The number of hydrogen-bond donors (Lipinski definition) is 0. The number of likely N-dealkylation sites (N-methyl/N-ethyl adjacent to an activating group) is 1. The normalized spacial score (nSPS) is 10.9. The Kier molecular flexibility index (Phi) is 4.69. The molecular formula is C14H13ClFNOS. The Morgan fingerprint density at radius 2 is 2.05 bits per heavy atom. The highest BCUT2D eigenvalue weighted by molar-refractivity contribution is 7.16. The van der Waals surface area contributed by atoms with Gasteiger partial charge in [-0.1, -0.05) is 23.7 Å². The number of halogens is 2. The zero-order chi connectivity index (χ0) is 13.8. The summed E-state index contributed by atoms with van der Waals surface area (Å²) in [5.41, 5.74) is 0.138. The highest BCUT2D eigenvalue weighted by Crippen LogP contribution is 2.22. The molecule has 100 valence electrons. The molecule has 0 spiro atoms. The topological polar surface area (TPSA) is 20.3 Å². The van der Waals surface area contributed by atoms with E-state index in [1.54, 1.807) is 12.1 Å². The fourth-order valence-corrected chi connectivity index (χ4v) is 2.94. The van der Waals surface area contributed by atoms with Crippen molar-refractivity contribution in [3.63, 3.8) is 0 Å². The van der Waals surface area contributed by atoms with Crippen molar-refractivity contribution in [3.8, 4) is 0 Å². The van der Waals surface area contributed by atoms with Gasteiger partial charge in [0.1, 0.15) is 5.82 Å². The van der Waals surface area contributed by atoms with Gasteiger partial charge >= 0.3 is 0 Å². The van der Waals surface area contributed by atoms with E-state index in [1.807, 2.05) is 24.1 Å². The van der Waals surface area contributed by atoms with Crippen molar-refractivity contribution in [1.29, 1.82) is 0 Å². The summed E-state index contributed by atoms with van der Waals surface area (Å²) < 4.78 is 14.2. The number of nitrogens with zero attached hydrogens (tertiary/aromatic N) is 1. The minimum absolute atomic E-state index is 0.138. The van der Waals surface area contributed by atoms with Gasteiger partial charge in [-0.3, -0.25) is 9.69 Å². The molecule has 1 aromatic heterocycles. The lowest BCUT2D eigenvalue weighted by atomic mass is 10.1. The highest BCUT2D eigenvalue weighted by Gasteiger charge is 2.13. The van der Waals surface area contributed by atoms with Crippen LogP contribution in [0.2, 0.25) is 4.34 Å². The number of ketones is 1. The summed E-state index contributed by atoms with van der Waals surface area (Å²) in [5.74, 6) is -0.691. The Morgan fingerprint density at radius 1 is 1.32 bits per heavy atom. The van der Waals surface area contributed by atoms with E-state index >= 15 is 0 Å². The summed E-state index contributed by atoms with van der Waals surface area (Å²) in [6.45, 7) is 0.800. The highest BCUT2D eigenvalue weighted by atomic mass is 35.5. The lowest BCUT2D eigenvalue weighted by Crippen LogP contribution is -2.25. The Hall–Kier alpha value is -1.23. The fraction of sp³-hybridized carbons (Fsp3) is 0.214. The van der Waals surface area contributed by atoms with Gasteiger partial charge in [0.15, 0.2) is 5.78 Å². The first-order valence-corrected chi connectivity index (χ1v) is 6.96. The van der Waals surface area contributed by atoms with Crippen LogP contribution in [0.3, 0.4) is 0 Å². The third-order valence-electron chi connectivity index (χ3n) is 2.64. The number of Topliss-reactive ketones (excluding diaryl/α,β-unsaturated/α-hetero) is 1. The molecule has 1 heterocycles. The maximum Gasteiger partial charge on any atom is 0.179 e. The Balaban J connectivity index is 1.97. The van der Waals surface area contributed by atoms with Crippen molar-refractivity contribution in [2.24, 2.45) is 0 Å². The van der Waals surface area contributed by atoms with Crippen molar-refractivity contribution in [2.45, 2.75) is 6.54 Å². The Morgan fingerprint density at radius 3 is 2.68 bits per heavy atom. The van der Waals surface area contributed by atoms with E-state index in [0.717, 1.165) is 9.21 Å². The molecule has 0 aliphatic carbocycles. The lowest BCUT2D eigenvalue weighted by Gasteiger charge is -2.14. The number of benzene rings is 1. The predicted molar refractivity (Wildman–Crippen MR) is 76.4 cm³/mol. The van der Waals surface area contributed by atoms with Crippen LogP contribution in [0.15, 0.2) is 36.4 Å². The molecule has 2 aromatic rings. The van der Waals surface area contributed by atoms with Crippen molar-refractivity contribution >= 4 is 28.7 Å². The van der Waals surface area contributed by atoms with Crippen molar-refractivity contribution in [1.82, 2.24) is 4.90 Å². The Bertz CT molecular complexity index is 584. The second kappa shape index (κ2) is 6.28. The van der Waals surface area contributed by atoms with Gasteiger partial charge in [0, 0.05) is 11.4 Å². The summed E-state index contributed by atoms with van der Waals surface area (Å²) in [4.78, 5) is 14.9. The van der Waals surface area contributed by atoms with Crippen LogP contribution in [0.5, 0.6) is 0 Å². The zero-order valence-electron chi connectivity index (χ0n) is 10.4. The summed E-state index contributed by atoms with van der Waals surface area (Å²) >= 11 is 7.33. The number of thiophene rings is 1. The van der Waals surface area contributed by atoms with Crippen LogP contribution in [0.1, 0.15) is 15.2 Å². The summed E-state index contributed by atoms with van der Waals surface area (Å²) in [6, 6.07) is 9.80. The van der Waals surface area contributed by atoms with Crippen LogP contribution in [-0.4, -0.2) is 24.3 Å². The molecule has 0 bridgehead atoms. The van der Waals surface area contributed by atoms with Crippen molar-refractivity contribution in [3.05, 3.63) is 57.0 Å². The molecule has 0 saturated heterocycles. The summed E-state index contributed by atoms with van der Waals surface area (Å²) in [7, 11) is 1.83. The molecule has 0 fully saturated rings. The van der Waals surface area contributed by atoms with Gasteiger partial charge in [-0.05, 0) is 31.3 Å².